The van der Waals surface area contributed by atoms with Gasteiger partial charge in [-0.25, -0.2) is 9.37 Å². The number of hydrogen-bond donors (Lipinski definition) is 0. The van der Waals surface area contributed by atoms with E-state index >= 15 is 0 Å². The summed E-state index contributed by atoms with van der Waals surface area (Å²) >= 11 is 0. The third-order valence-electron chi connectivity index (χ3n) is 5.33. The molecule has 1 aromatic heterocycles. The zero-order valence-corrected chi connectivity index (χ0v) is 14.1. The Hall–Kier alpha value is -1.95. The van der Waals surface area contributed by atoms with Gasteiger partial charge < -0.3 is 14.4 Å². The van der Waals surface area contributed by atoms with Gasteiger partial charge in [-0.15, -0.1) is 0 Å². The van der Waals surface area contributed by atoms with Gasteiger partial charge in [-0.3, -0.25) is 4.79 Å². The lowest BCUT2D eigenvalue weighted by Crippen LogP contribution is -2.44. The number of ether oxygens (including phenoxy) is 2. The van der Waals surface area contributed by atoms with Crippen molar-refractivity contribution in [2.24, 2.45) is 5.92 Å². The molecule has 25 heavy (non-hydrogen) atoms. The summed E-state index contributed by atoms with van der Waals surface area (Å²) < 4.78 is 25.6. The minimum Gasteiger partial charge on any atom is -0.468 e. The second-order valence-corrected chi connectivity index (χ2v) is 7.01. The Balaban J connectivity index is 1.48. The molecular formula is C19H23FN2O3. The normalized spacial score (nSPS) is 31.2. The summed E-state index contributed by atoms with van der Waals surface area (Å²) in [6.45, 7) is 1.08. The molecule has 134 valence electrons. The van der Waals surface area contributed by atoms with E-state index in [1.807, 2.05) is 4.90 Å². The molecule has 4 rings (SSSR count). The van der Waals surface area contributed by atoms with Gasteiger partial charge in [0.25, 0.3) is 5.88 Å². The van der Waals surface area contributed by atoms with E-state index in [4.69, 9.17) is 9.47 Å². The van der Waals surface area contributed by atoms with Crippen molar-refractivity contribution >= 4 is 5.91 Å². The van der Waals surface area contributed by atoms with E-state index in [9.17, 15) is 9.18 Å². The summed E-state index contributed by atoms with van der Waals surface area (Å²) in [5.41, 5.74) is 0. The second kappa shape index (κ2) is 7.12. The number of carbonyl (C=O) groups excluding carboxylic acids is 1. The van der Waals surface area contributed by atoms with Crippen LogP contribution in [0.1, 0.15) is 32.1 Å². The van der Waals surface area contributed by atoms with Gasteiger partial charge in [0.05, 0.1) is 12.6 Å². The number of rotatable bonds is 4. The molecule has 0 spiro atoms. The number of aromatic nitrogens is 1. The first-order valence-corrected chi connectivity index (χ1v) is 9.07. The van der Waals surface area contributed by atoms with Crippen LogP contribution in [-0.4, -0.2) is 47.2 Å². The third-order valence-corrected chi connectivity index (χ3v) is 5.33. The van der Waals surface area contributed by atoms with Crippen LogP contribution >= 0.6 is 0 Å². The summed E-state index contributed by atoms with van der Waals surface area (Å²) in [5.74, 6) is -0.0301. The number of hydrogen-bond acceptors (Lipinski definition) is 4. The van der Waals surface area contributed by atoms with Crippen LogP contribution in [0.2, 0.25) is 0 Å². The van der Waals surface area contributed by atoms with Crippen LogP contribution in [-0.2, 0) is 9.53 Å². The van der Waals surface area contributed by atoms with Crippen molar-refractivity contribution < 1.29 is 18.7 Å². The lowest BCUT2D eigenvalue weighted by Gasteiger charge is -2.32. The van der Waals surface area contributed by atoms with Gasteiger partial charge in [-0.1, -0.05) is 12.2 Å². The van der Waals surface area contributed by atoms with Crippen LogP contribution < -0.4 is 4.74 Å². The zero-order valence-electron chi connectivity index (χ0n) is 14.1. The van der Waals surface area contributed by atoms with Crippen molar-refractivity contribution in [2.45, 2.75) is 50.4 Å². The van der Waals surface area contributed by atoms with Crippen LogP contribution in [0.25, 0.3) is 0 Å². The van der Waals surface area contributed by atoms with Crippen LogP contribution in [0.15, 0.2) is 30.5 Å². The number of halogens is 1. The van der Waals surface area contributed by atoms with Crippen molar-refractivity contribution in [1.29, 1.82) is 0 Å². The molecule has 1 aromatic rings. The monoisotopic (exact) mass is 346 g/mol. The Labute approximate surface area is 146 Å². The summed E-state index contributed by atoms with van der Waals surface area (Å²) in [4.78, 5) is 18.7. The molecular weight excluding hydrogens is 323 g/mol. The summed E-state index contributed by atoms with van der Waals surface area (Å²) in [6.07, 6.45) is 9.66. The van der Waals surface area contributed by atoms with E-state index in [1.54, 1.807) is 0 Å². The molecule has 1 amide bonds. The number of likely N-dealkylation sites (tertiary alicyclic amines) is 1. The molecule has 0 saturated carbocycles. The van der Waals surface area contributed by atoms with Gasteiger partial charge in [0, 0.05) is 19.2 Å². The minimum absolute atomic E-state index is 0.0170. The topological polar surface area (TPSA) is 51.7 Å². The fourth-order valence-corrected chi connectivity index (χ4v) is 4.11. The van der Waals surface area contributed by atoms with Gasteiger partial charge in [0.1, 0.15) is 12.2 Å². The molecule has 1 aliphatic carbocycles. The van der Waals surface area contributed by atoms with E-state index < -0.39 is 5.82 Å². The summed E-state index contributed by atoms with van der Waals surface area (Å²) in [5, 5.41) is 0. The standard InChI is InChI=1S/C19H23FN2O3/c20-14-7-3-9-21-19(14)25-16-12-22(15-8-4-10-24-18(15)16)17(23)11-13-5-1-2-6-13/h1,3,5,7,9,13,15-16,18H,2,4,6,8,10-12H2/t13?,15-,16-,18+/m1/s1. The summed E-state index contributed by atoms with van der Waals surface area (Å²) in [7, 11) is 0. The summed E-state index contributed by atoms with van der Waals surface area (Å²) in [6, 6.07) is 2.87. The number of amides is 1. The molecule has 0 aromatic carbocycles. The predicted octanol–water partition coefficient (Wildman–Crippen LogP) is 2.71. The predicted molar refractivity (Wildman–Crippen MR) is 89.6 cm³/mol. The van der Waals surface area contributed by atoms with Crippen molar-refractivity contribution in [3.05, 3.63) is 36.3 Å². The highest BCUT2D eigenvalue weighted by atomic mass is 19.1. The highest BCUT2D eigenvalue weighted by molar-refractivity contribution is 5.77. The molecule has 1 unspecified atom stereocenters. The molecule has 2 aliphatic heterocycles. The van der Waals surface area contributed by atoms with E-state index in [0.29, 0.717) is 25.5 Å². The number of pyridine rings is 1. The molecule has 6 heteroatoms. The highest BCUT2D eigenvalue weighted by Gasteiger charge is 2.47. The second-order valence-electron chi connectivity index (χ2n) is 7.01. The van der Waals surface area contributed by atoms with Crippen molar-refractivity contribution in [2.75, 3.05) is 13.2 Å². The van der Waals surface area contributed by atoms with Crippen LogP contribution in [0.3, 0.4) is 0 Å². The Morgan fingerprint density at radius 2 is 2.36 bits per heavy atom. The Morgan fingerprint density at radius 3 is 3.16 bits per heavy atom. The SMILES string of the molecule is O=C(CC1C=CCC1)N1C[C@@H](Oc2ncccc2F)[C@H]2OCCC[C@H]21. The smallest absolute Gasteiger partial charge is 0.250 e. The van der Waals surface area contributed by atoms with Crippen molar-refractivity contribution in [1.82, 2.24) is 9.88 Å². The fourth-order valence-electron chi connectivity index (χ4n) is 4.11. The third kappa shape index (κ3) is 3.40. The minimum atomic E-state index is -0.490. The van der Waals surface area contributed by atoms with Crippen LogP contribution in [0, 0.1) is 11.7 Å². The van der Waals surface area contributed by atoms with E-state index in [0.717, 1.165) is 25.7 Å². The van der Waals surface area contributed by atoms with Gasteiger partial charge in [-0.2, -0.15) is 0 Å². The number of fused-ring (bicyclic) bond motifs is 1. The Morgan fingerprint density at radius 1 is 1.44 bits per heavy atom. The van der Waals surface area contributed by atoms with Crippen molar-refractivity contribution in [3.8, 4) is 5.88 Å². The van der Waals surface area contributed by atoms with E-state index in [2.05, 4.69) is 17.1 Å². The number of nitrogens with zero attached hydrogens (tertiary/aromatic N) is 2. The first-order valence-electron chi connectivity index (χ1n) is 9.07. The lowest BCUT2D eigenvalue weighted by molar-refractivity contribution is -0.135. The van der Waals surface area contributed by atoms with Crippen LogP contribution in [0.5, 0.6) is 5.88 Å². The average Bonchev–Trinajstić information content (AvgIpc) is 3.25. The molecule has 0 radical (unpaired) electrons. The Bertz CT molecular complexity index is 666. The zero-order chi connectivity index (χ0) is 17.2. The van der Waals surface area contributed by atoms with Gasteiger partial charge in [-0.05, 0) is 43.7 Å². The first-order chi connectivity index (χ1) is 12.2. The largest absolute Gasteiger partial charge is 0.468 e. The molecule has 0 N–H and O–H groups in total. The first kappa shape index (κ1) is 16.5. The van der Waals surface area contributed by atoms with Gasteiger partial charge >= 0.3 is 0 Å². The maximum absolute atomic E-state index is 13.9. The maximum atomic E-state index is 13.9. The molecule has 4 atom stereocenters. The quantitative estimate of drug-likeness (QED) is 0.787. The van der Waals surface area contributed by atoms with E-state index in [1.165, 1.54) is 18.3 Å². The van der Waals surface area contributed by atoms with Crippen LogP contribution in [0.4, 0.5) is 4.39 Å². The number of carbonyl (C=O) groups is 1. The maximum Gasteiger partial charge on any atom is 0.250 e. The molecule has 3 heterocycles. The molecule has 2 saturated heterocycles. The van der Waals surface area contributed by atoms with Gasteiger partial charge in [0.2, 0.25) is 5.91 Å². The van der Waals surface area contributed by atoms with Gasteiger partial charge in [0.15, 0.2) is 5.82 Å². The number of allylic oxidation sites excluding steroid dienone is 2. The Kier molecular flexibility index (Phi) is 4.70. The van der Waals surface area contributed by atoms with Crippen molar-refractivity contribution in [3.63, 3.8) is 0 Å². The molecule has 0 bridgehead atoms. The van der Waals surface area contributed by atoms with E-state index in [-0.39, 0.29) is 30.0 Å². The molecule has 2 fully saturated rings. The molecule has 3 aliphatic rings. The highest BCUT2D eigenvalue weighted by Crippen LogP contribution is 2.33. The average molecular weight is 346 g/mol. The fraction of sp³-hybridized carbons (Fsp3) is 0.579. The lowest BCUT2D eigenvalue weighted by atomic mass is 10.0. The molecule has 5 nitrogen and oxygen atoms in total.